The van der Waals surface area contributed by atoms with Crippen LogP contribution in [-0.2, 0) is 0 Å². The summed E-state index contributed by atoms with van der Waals surface area (Å²) < 4.78 is 5.35. The first-order valence-electron chi connectivity index (χ1n) is 5.12. The number of methoxy groups -OCH3 is 1. The van der Waals surface area contributed by atoms with E-state index >= 15 is 0 Å². The van der Waals surface area contributed by atoms with Crippen molar-refractivity contribution in [3.05, 3.63) is 34.6 Å². The van der Waals surface area contributed by atoms with Crippen molar-refractivity contribution in [3.8, 4) is 17.1 Å². The van der Waals surface area contributed by atoms with E-state index in [1.54, 1.807) is 7.11 Å². The second kappa shape index (κ2) is 4.67. The van der Waals surface area contributed by atoms with Gasteiger partial charge in [0.1, 0.15) is 5.75 Å². The molecule has 4 nitrogen and oxygen atoms in total. The van der Waals surface area contributed by atoms with Crippen LogP contribution in [0.15, 0.2) is 18.3 Å². The third-order valence-electron chi connectivity index (χ3n) is 2.42. The molecule has 5 heteroatoms. The van der Waals surface area contributed by atoms with Crippen LogP contribution in [0.3, 0.4) is 0 Å². The van der Waals surface area contributed by atoms with E-state index in [9.17, 15) is 0 Å². The molecular weight excluding hydrogens is 238 g/mol. The Morgan fingerprint density at radius 1 is 1.24 bits per heavy atom. The highest BCUT2D eigenvalue weighted by molar-refractivity contribution is 6.29. The lowest BCUT2D eigenvalue weighted by Gasteiger charge is -2.11. The molecule has 1 heterocycles. The fraction of sp³-hybridized carbons (Fsp3) is 0.250. The van der Waals surface area contributed by atoms with E-state index in [-0.39, 0.29) is 0 Å². The average molecular weight is 250 g/mol. The first kappa shape index (κ1) is 11.8. The van der Waals surface area contributed by atoms with Crippen LogP contribution < -0.4 is 4.74 Å². The molecule has 0 amide bonds. The summed E-state index contributed by atoms with van der Waals surface area (Å²) in [5.41, 5.74) is 2.98. The van der Waals surface area contributed by atoms with Crippen molar-refractivity contribution in [2.45, 2.75) is 13.8 Å². The van der Waals surface area contributed by atoms with Crippen molar-refractivity contribution in [3.63, 3.8) is 0 Å². The Kier molecular flexibility index (Phi) is 3.24. The molecule has 0 aliphatic rings. The maximum absolute atomic E-state index is 5.82. The zero-order valence-electron chi connectivity index (χ0n) is 9.86. The van der Waals surface area contributed by atoms with E-state index in [1.807, 2.05) is 26.0 Å². The van der Waals surface area contributed by atoms with Crippen molar-refractivity contribution in [1.29, 1.82) is 0 Å². The number of rotatable bonds is 2. The lowest BCUT2D eigenvalue weighted by atomic mass is 10.0. The standard InChI is InChI=1S/C12H12ClN3O/c1-7-4-8(2)11(9(5-7)17-3)12-15-10(13)6-14-16-12/h4-6H,1-3H3. The van der Waals surface area contributed by atoms with Gasteiger partial charge in [-0.25, -0.2) is 4.98 Å². The Hall–Kier alpha value is -1.68. The summed E-state index contributed by atoms with van der Waals surface area (Å²) in [6.45, 7) is 3.99. The molecule has 88 valence electrons. The molecule has 0 aliphatic carbocycles. The molecule has 0 fully saturated rings. The fourth-order valence-corrected chi connectivity index (χ4v) is 1.89. The summed E-state index contributed by atoms with van der Waals surface area (Å²) >= 11 is 5.82. The SMILES string of the molecule is COc1cc(C)cc(C)c1-c1nncc(Cl)n1. The van der Waals surface area contributed by atoms with Crippen LogP contribution in [-0.4, -0.2) is 22.3 Å². The fourth-order valence-electron chi connectivity index (χ4n) is 1.77. The minimum Gasteiger partial charge on any atom is -0.496 e. The Morgan fingerprint density at radius 2 is 2.00 bits per heavy atom. The lowest BCUT2D eigenvalue weighted by Crippen LogP contribution is -1.98. The molecule has 2 aromatic rings. The normalized spacial score (nSPS) is 10.4. The van der Waals surface area contributed by atoms with E-state index < -0.39 is 0 Å². The molecule has 0 unspecified atom stereocenters. The highest BCUT2D eigenvalue weighted by atomic mass is 35.5. The summed E-state index contributed by atoms with van der Waals surface area (Å²) in [6.07, 6.45) is 1.40. The van der Waals surface area contributed by atoms with Gasteiger partial charge in [0, 0.05) is 0 Å². The molecule has 0 aliphatic heterocycles. The molecule has 2 rings (SSSR count). The van der Waals surface area contributed by atoms with Gasteiger partial charge in [-0.2, -0.15) is 5.10 Å². The van der Waals surface area contributed by atoms with Crippen LogP contribution in [0.2, 0.25) is 5.15 Å². The van der Waals surface area contributed by atoms with E-state index in [4.69, 9.17) is 16.3 Å². The second-order valence-corrected chi connectivity index (χ2v) is 4.15. The number of hydrogen-bond acceptors (Lipinski definition) is 4. The zero-order valence-corrected chi connectivity index (χ0v) is 10.6. The Labute approximate surface area is 105 Å². The summed E-state index contributed by atoms with van der Waals surface area (Å²) in [5, 5.41) is 8.10. The van der Waals surface area contributed by atoms with Gasteiger partial charge < -0.3 is 4.74 Å². The number of aryl methyl sites for hydroxylation is 2. The number of ether oxygens (including phenoxy) is 1. The molecule has 0 spiro atoms. The van der Waals surface area contributed by atoms with Gasteiger partial charge in [0.2, 0.25) is 0 Å². The van der Waals surface area contributed by atoms with Gasteiger partial charge in [-0.05, 0) is 31.0 Å². The molecule has 0 saturated carbocycles. The molecule has 0 atom stereocenters. The predicted molar refractivity (Wildman–Crippen MR) is 66.3 cm³/mol. The van der Waals surface area contributed by atoms with Gasteiger partial charge in [0.05, 0.1) is 18.9 Å². The summed E-state index contributed by atoms with van der Waals surface area (Å²) in [4.78, 5) is 4.15. The van der Waals surface area contributed by atoms with Crippen LogP contribution in [0.25, 0.3) is 11.4 Å². The molecular formula is C12H12ClN3O. The topological polar surface area (TPSA) is 47.9 Å². The highest BCUT2D eigenvalue weighted by Crippen LogP contribution is 2.32. The minimum absolute atomic E-state index is 0.317. The van der Waals surface area contributed by atoms with E-state index in [2.05, 4.69) is 15.2 Å². The van der Waals surface area contributed by atoms with E-state index in [0.29, 0.717) is 11.0 Å². The van der Waals surface area contributed by atoms with Crippen molar-refractivity contribution < 1.29 is 4.74 Å². The van der Waals surface area contributed by atoms with Crippen molar-refractivity contribution >= 4 is 11.6 Å². The second-order valence-electron chi connectivity index (χ2n) is 3.76. The molecule has 1 aromatic heterocycles. The summed E-state index contributed by atoms with van der Waals surface area (Å²) in [6, 6.07) is 3.98. The van der Waals surface area contributed by atoms with Crippen LogP contribution in [0, 0.1) is 13.8 Å². The molecule has 17 heavy (non-hydrogen) atoms. The zero-order chi connectivity index (χ0) is 12.4. The third-order valence-corrected chi connectivity index (χ3v) is 2.60. The van der Waals surface area contributed by atoms with Crippen LogP contribution in [0.1, 0.15) is 11.1 Å². The number of nitrogens with zero attached hydrogens (tertiary/aromatic N) is 3. The summed E-state index contributed by atoms with van der Waals surface area (Å²) in [5.74, 6) is 1.21. The maximum Gasteiger partial charge on any atom is 0.187 e. The highest BCUT2D eigenvalue weighted by Gasteiger charge is 2.13. The van der Waals surface area contributed by atoms with E-state index in [1.165, 1.54) is 6.20 Å². The van der Waals surface area contributed by atoms with Crippen LogP contribution >= 0.6 is 11.6 Å². The summed E-state index contributed by atoms with van der Waals surface area (Å²) in [7, 11) is 1.62. The Bertz CT molecular complexity index is 557. The minimum atomic E-state index is 0.317. The largest absolute Gasteiger partial charge is 0.496 e. The number of benzene rings is 1. The monoisotopic (exact) mass is 249 g/mol. The lowest BCUT2D eigenvalue weighted by molar-refractivity contribution is 0.415. The van der Waals surface area contributed by atoms with Crippen molar-refractivity contribution in [2.24, 2.45) is 0 Å². The van der Waals surface area contributed by atoms with Gasteiger partial charge in [0.15, 0.2) is 11.0 Å². The molecule has 0 N–H and O–H groups in total. The molecule has 0 radical (unpaired) electrons. The average Bonchev–Trinajstić information content (AvgIpc) is 2.27. The number of hydrogen-bond donors (Lipinski definition) is 0. The van der Waals surface area contributed by atoms with Gasteiger partial charge in [-0.3, -0.25) is 0 Å². The quantitative estimate of drug-likeness (QED) is 0.821. The third kappa shape index (κ3) is 2.36. The van der Waals surface area contributed by atoms with Gasteiger partial charge in [-0.1, -0.05) is 17.7 Å². The first-order valence-corrected chi connectivity index (χ1v) is 5.50. The van der Waals surface area contributed by atoms with Crippen LogP contribution in [0.4, 0.5) is 0 Å². The van der Waals surface area contributed by atoms with Crippen LogP contribution in [0.5, 0.6) is 5.75 Å². The maximum atomic E-state index is 5.82. The first-order chi connectivity index (χ1) is 8.11. The van der Waals surface area contributed by atoms with Crippen molar-refractivity contribution in [2.75, 3.05) is 7.11 Å². The predicted octanol–water partition coefficient (Wildman–Crippen LogP) is 2.82. The number of halogens is 1. The molecule has 0 bridgehead atoms. The molecule has 0 saturated heterocycles. The molecule has 1 aromatic carbocycles. The van der Waals surface area contributed by atoms with Gasteiger partial charge >= 0.3 is 0 Å². The smallest absolute Gasteiger partial charge is 0.187 e. The Balaban J connectivity index is 2.66. The number of aromatic nitrogens is 3. The van der Waals surface area contributed by atoms with Crippen molar-refractivity contribution in [1.82, 2.24) is 15.2 Å². The van der Waals surface area contributed by atoms with Gasteiger partial charge in [-0.15, -0.1) is 5.10 Å². The van der Waals surface area contributed by atoms with Gasteiger partial charge in [0.25, 0.3) is 0 Å². The van der Waals surface area contributed by atoms with E-state index in [0.717, 1.165) is 22.4 Å². The Morgan fingerprint density at radius 3 is 2.65 bits per heavy atom.